The van der Waals surface area contributed by atoms with Crippen molar-refractivity contribution in [1.82, 2.24) is 0 Å². The molecule has 0 N–H and O–H groups in total. The molecule has 0 aromatic heterocycles. The minimum absolute atomic E-state index is 0.344. The Kier molecular flexibility index (Phi) is 10.4. The highest BCUT2D eigenvalue weighted by molar-refractivity contribution is 5.94. The summed E-state index contributed by atoms with van der Waals surface area (Å²) < 4.78 is 15.6. The van der Waals surface area contributed by atoms with Crippen molar-refractivity contribution < 1.29 is 23.8 Å². The zero-order chi connectivity index (χ0) is 18.5. The van der Waals surface area contributed by atoms with Gasteiger partial charge < -0.3 is 14.2 Å². The summed E-state index contributed by atoms with van der Waals surface area (Å²) in [6.07, 6.45) is 4.43. The van der Waals surface area contributed by atoms with E-state index in [4.69, 9.17) is 14.2 Å². The van der Waals surface area contributed by atoms with Gasteiger partial charge in [-0.05, 0) is 43.4 Å². The van der Waals surface area contributed by atoms with Crippen molar-refractivity contribution >= 4 is 11.9 Å². The van der Waals surface area contributed by atoms with Crippen LogP contribution in [0.5, 0.6) is 5.75 Å². The number of esters is 2. The maximum Gasteiger partial charge on any atom is 0.320 e. The van der Waals surface area contributed by atoms with E-state index in [9.17, 15) is 9.59 Å². The minimum atomic E-state index is -0.865. The molecule has 0 bridgehead atoms. The summed E-state index contributed by atoms with van der Waals surface area (Å²) >= 11 is 0. The largest absolute Gasteiger partial charge is 0.497 e. The van der Waals surface area contributed by atoms with Gasteiger partial charge in [0, 0.05) is 0 Å². The molecule has 5 heteroatoms. The van der Waals surface area contributed by atoms with Crippen molar-refractivity contribution in [2.45, 2.75) is 52.4 Å². The van der Waals surface area contributed by atoms with Crippen LogP contribution in [0.15, 0.2) is 24.3 Å². The lowest BCUT2D eigenvalue weighted by Crippen LogP contribution is -2.29. The molecule has 140 valence electrons. The molecule has 0 aliphatic rings. The standard InChI is InChI=1S/C20H30O5/c1-4-6-14-24-19(21)18(20(22)25-15-7-5-2)13-10-16-8-11-17(23-3)12-9-16/h8-9,11-12,18H,4-7,10,13-15H2,1-3H3. The highest BCUT2D eigenvalue weighted by Gasteiger charge is 2.29. The smallest absolute Gasteiger partial charge is 0.320 e. The molecule has 0 atom stereocenters. The number of carbonyl (C=O) groups is 2. The molecule has 0 amide bonds. The summed E-state index contributed by atoms with van der Waals surface area (Å²) in [5, 5.41) is 0. The van der Waals surface area contributed by atoms with Crippen LogP contribution in [0.2, 0.25) is 0 Å². The van der Waals surface area contributed by atoms with Gasteiger partial charge in [-0.3, -0.25) is 9.59 Å². The molecular formula is C20H30O5. The van der Waals surface area contributed by atoms with E-state index in [-0.39, 0.29) is 0 Å². The van der Waals surface area contributed by atoms with Crippen molar-refractivity contribution in [3.8, 4) is 5.75 Å². The molecule has 0 heterocycles. The average molecular weight is 350 g/mol. The monoisotopic (exact) mass is 350 g/mol. The normalized spacial score (nSPS) is 10.6. The summed E-state index contributed by atoms with van der Waals surface area (Å²) in [5.41, 5.74) is 1.04. The number of carbonyl (C=O) groups excluding carboxylic acids is 2. The molecule has 1 aromatic carbocycles. The van der Waals surface area contributed by atoms with Crippen molar-refractivity contribution in [1.29, 1.82) is 0 Å². The van der Waals surface area contributed by atoms with Gasteiger partial charge >= 0.3 is 11.9 Å². The Morgan fingerprint density at radius 1 is 0.920 bits per heavy atom. The maximum absolute atomic E-state index is 12.3. The first-order valence-corrected chi connectivity index (χ1v) is 9.08. The van der Waals surface area contributed by atoms with Gasteiger partial charge in [0.2, 0.25) is 0 Å². The third-order valence-electron chi connectivity index (χ3n) is 3.93. The van der Waals surface area contributed by atoms with Crippen LogP contribution in [0.25, 0.3) is 0 Å². The van der Waals surface area contributed by atoms with Crippen LogP contribution in [0.4, 0.5) is 0 Å². The van der Waals surface area contributed by atoms with Crippen LogP contribution >= 0.6 is 0 Å². The maximum atomic E-state index is 12.3. The molecular weight excluding hydrogens is 320 g/mol. The Balaban J connectivity index is 2.64. The van der Waals surface area contributed by atoms with Crippen molar-refractivity contribution in [2.75, 3.05) is 20.3 Å². The average Bonchev–Trinajstić information content (AvgIpc) is 2.63. The molecule has 0 unspecified atom stereocenters. The molecule has 0 spiro atoms. The predicted molar refractivity (Wildman–Crippen MR) is 96.5 cm³/mol. The van der Waals surface area contributed by atoms with Gasteiger partial charge in [0.1, 0.15) is 5.75 Å². The van der Waals surface area contributed by atoms with Gasteiger partial charge in [0.15, 0.2) is 5.92 Å². The molecule has 5 nitrogen and oxygen atoms in total. The SMILES string of the molecule is CCCCOC(=O)C(CCc1ccc(OC)cc1)C(=O)OCCCC. The number of hydrogen-bond donors (Lipinski definition) is 0. The molecule has 0 aliphatic heterocycles. The van der Waals surface area contributed by atoms with E-state index in [0.29, 0.717) is 26.1 Å². The van der Waals surface area contributed by atoms with Gasteiger partial charge in [0.05, 0.1) is 20.3 Å². The molecule has 1 rings (SSSR count). The molecule has 0 saturated carbocycles. The summed E-state index contributed by atoms with van der Waals surface area (Å²) in [7, 11) is 1.61. The first kappa shape index (κ1) is 21.0. The third-order valence-corrected chi connectivity index (χ3v) is 3.93. The Labute approximate surface area is 150 Å². The molecule has 0 radical (unpaired) electrons. The molecule has 1 aromatic rings. The zero-order valence-corrected chi connectivity index (χ0v) is 15.6. The number of unbranched alkanes of at least 4 members (excludes halogenated alkanes) is 2. The highest BCUT2D eigenvalue weighted by atomic mass is 16.6. The fourth-order valence-electron chi connectivity index (χ4n) is 2.27. The number of ether oxygens (including phenoxy) is 3. The van der Waals surface area contributed by atoms with E-state index in [0.717, 1.165) is 37.0 Å². The predicted octanol–water partition coefficient (Wildman–Crippen LogP) is 3.93. The molecule has 0 saturated heterocycles. The van der Waals surface area contributed by atoms with Crippen LogP contribution < -0.4 is 4.74 Å². The van der Waals surface area contributed by atoms with Gasteiger partial charge in [-0.2, -0.15) is 0 Å². The van der Waals surface area contributed by atoms with E-state index in [1.807, 2.05) is 38.1 Å². The van der Waals surface area contributed by atoms with Crippen molar-refractivity contribution in [2.24, 2.45) is 5.92 Å². The van der Waals surface area contributed by atoms with Gasteiger partial charge in [0.25, 0.3) is 0 Å². The second-order valence-electron chi connectivity index (χ2n) is 5.98. The van der Waals surface area contributed by atoms with E-state index in [2.05, 4.69) is 0 Å². The van der Waals surface area contributed by atoms with Crippen LogP contribution in [0, 0.1) is 5.92 Å². The fraction of sp³-hybridized carbons (Fsp3) is 0.600. The van der Waals surface area contributed by atoms with Gasteiger partial charge in [-0.25, -0.2) is 0 Å². The fourth-order valence-corrected chi connectivity index (χ4v) is 2.27. The summed E-state index contributed by atoms with van der Waals surface area (Å²) in [4.78, 5) is 24.5. The Morgan fingerprint density at radius 3 is 1.88 bits per heavy atom. The van der Waals surface area contributed by atoms with Crippen LogP contribution in [0.1, 0.15) is 51.5 Å². The topological polar surface area (TPSA) is 61.8 Å². The van der Waals surface area contributed by atoms with Crippen LogP contribution in [-0.2, 0) is 25.5 Å². The number of benzene rings is 1. The molecule has 25 heavy (non-hydrogen) atoms. The number of rotatable bonds is 12. The highest BCUT2D eigenvalue weighted by Crippen LogP contribution is 2.17. The number of hydrogen-bond acceptors (Lipinski definition) is 5. The first-order chi connectivity index (χ1) is 12.1. The van der Waals surface area contributed by atoms with Crippen LogP contribution in [-0.4, -0.2) is 32.3 Å². The van der Waals surface area contributed by atoms with E-state index in [1.165, 1.54) is 0 Å². The summed E-state index contributed by atoms with van der Waals surface area (Å²) in [6, 6.07) is 7.59. The van der Waals surface area contributed by atoms with Gasteiger partial charge in [-0.1, -0.05) is 38.8 Å². The Bertz CT molecular complexity index is 487. The lowest BCUT2D eigenvalue weighted by Gasteiger charge is -2.15. The lowest BCUT2D eigenvalue weighted by atomic mass is 9.99. The Hall–Kier alpha value is -2.04. The number of aryl methyl sites for hydroxylation is 1. The lowest BCUT2D eigenvalue weighted by molar-refractivity contribution is -0.162. The van der Waals surface area contributed by atoms with E-state index < -0.39 is 17.9 Å². The van der Waals surface area contributed by atoms with Crippen molar-refractivity contribution in [3.63, 3.8) is 0 Å². The summed E-state index contributed by atoms with van der Waals surface area (Å²) in [6.45, 7) is 4.73. The quantitative estimate of drug-likeness (QED) is 0.325. The van der Waals surface area contributed by atoms with Crippen LogP contribution in [0.3, 0.4) is 0 Å². The Morgan fingerprint density at radius 2 is 1.44 bits per heavy atom. The number of methoxy groups -OCH3 is 1. The molecule has 0 fully saturated rings. The minimum Gasteiger partial charge on any atom is -0.497 e. The molecule has 0 aliphatic carbocycles. The van der Waals surface area contributed by atoms with Gasteiger partial charge in [-0.15, -0.1) is 0 Å². The van der Waals surface area contributed by atoms with E-state index >= 15 is 0 Å². The summed E-state index contributed by atoms with van der Waals surface area (Å²) in [5.74, 6) is -1.05. The second kappa shape index (κ2) is 12.3. The van der Waals surface area contributed by atoms with Crippen molar-refractivity contribution in [3.05, 3.63) is 29.8 Å². The second-order valence-corrected chi connectivity index (χ2v) is 5.98. The third kappa shape index (κ3) is 8.05. The van der Waals surface area contributed by atoms with E-state index in [1.54, 1.807) is 7.11 Å². The first-order valence-electron chi connectivity index (χ1n) is 9.08. The zero-order valence-electron chi connectivity index (χ0n) is 15.6.